The van der Waals surface area contributed by atoms with Crippen molar-refractivity contribution in [1.29, 1.82) is 0 Å². The van der Waals surface area contributed by atoms with E-state index >= 15 is 0 Å². The molecule has 0 fully saturated rings. The van der Waals surface area contributed by atoms with Gasteiger partial charge in [0.2, 0.25) is 0 Å². The van der Waals surface area contributed by atoms with E-state index in [0.29, 0.717) is 9.31 Å². The molecule has 0 N–H and O–H groups in total. The Morgan fingerprint density at radius 1 is 1.50 bits per heavy atom. The van der Waals surface area contributed by atoms with E-state index in [9.17, 15) is 0 Å². The van der Waals surface area contributed by atoms with Crippen molar-refractivity contribution < 1.29 is 0 Å². The summed E-state index contributed by atoms with van der Waals surface area (Å²) in [6, 6.07) is 1.42. The zero-order valence-electron chi connectivity index (χ0n) is 3.55. The fraction of sp³-hybridized carbons (Fsp3) is 1.00. The topological polar surface area (TPSA) is 12.4 Å². The minimum absolute atomic E-state index is 0. The summed E-state index contributed by atoms with van der Waals surface area (Å²) in [4.78, 5) is 0. The first-order valence-corrected chi connectivity index (χ1v) is 3.32. The Balaban J connectivity index is 0.000000250. The van der Waals surface area contributed by atoms with Gasteiger partial charge in [0.05, 0.1) is 0 Å². The van der Waals surface area contributed by atoms with Crippen LogP contribution in [0, 0.1) is 0 Å². The lowest BCUT2D eigenvalue weighted by Gasteiger charge is -1.68. The van der Waals surface area contributed by atoms with E-state index in [-0.39, 0.29) is 12.4 Å². The van der Waals surface area contributed by atoms with Gasteiger partial charge < -0.3 is 4.63 Å². The highest BCUT2D eigenvalue weighted by Gasteiger charge is 1.86. The van der Waals surface area contributed by atoms with Gasteiger partial charge in [-0.3, -0.25) is 0 Å². The lowest BCUT2D eigenvalue weighted by atomic mass is 10.5. The van der Waals surface area contributed by atoms with E-state index < -0.39 is 0 Å². The normalized spacial score (nSPS) is 17.3. The van der Waals surface area contributed by atoms with Gasteiger partial charge in [0, 0.05) is 6.54 Å². The minimum Gasteiger partial charge on any atom is -0.340 e. The Bertz CT molecular complexity index is 48.8. The maximum absolute atomic E-state index is 4.17. The highest BCUT2D eigenvalue weighted by Crippen LogP contribution is 1.92. The van der Waals surface area contributed by atoms with E-state index in [1.165, 1.54) is 12.5 Å². The first-order chi connectivity index (χ1) is 2.50. The van der Waals surface area contributed by atoms with Crippen LogP contribution in [0.25, 0.3) is 0 Å². The summed E-state index contributed by atoms with van der Waals surface area (Å²) in [6.45, 7) is 1.16. The second-order valence-electron chi connectivity index (χ2n) is 1.23. The second kappa shape index (κ2) is 3.50. The largest absolute Gasteiger partial charge is 0.340 e. The summed E-state index contributed by atoms with van der Waals surface area (Å²) in [5.74, 6) is 0. The molecule has 0 saturated carbocycles. The molecule has 0 radical (unpaired) electrons. The van der Waals surface area contributed by atoms with Crippen molar-refractivity contribution in [2.45, 2.75) is 12.5 Å². The molecular formula is C3H8ClNSi. The number of hydrogen-bond acceptors (Lipinski definition) is 1. The van der Waals surface area contributed by atoms with Gasteiger partial charge in [-0.2, -0.15) is 0 Å². The molecule has 0 unspecified atom stereocenters. The molecule has 1 rings (SSSR count). The fourth-order valence-corrected chi connectivity index (χ4v) is 1.37. The molecule has 3 heteroatoms. The predicted molar refractivity (Wildman–Crippen MR) is 31.1 cm³/mol. The van der Waals surface area contributed by atoms with E-state index in [1.807, 2.05) is 0 Å². The zero-order valence-corrected chi connectivity index (χ0v) is 5.53. The minimum atomic E-state index is 0. The second-order valence-corrected chi connectivity index (χ2v) is 2.54. The standard InChI is InChI=1S/C3H7NSi.ClH/c1-2-4-5-3-1;/h5H,1-3H2;1H. The molecule has 0 atom stereocenters. The Hall–Kier alpha value is 0.307. The van der Waals surface area contributed by atoms with Gasteiger partial charge in [-0.1, -0.05) is 0 Å². The van der Waals surface area contributed by atoms with Gasteiger partial charge in [0.1, 0.15) is 9.31 Å². The van der Waals surface area contributed by atoms with Gasteiger partial charge in [-0.15, -0.1) is 12.4 Å². The van der Waals surface area contributed by atoms with Crippen LogP contribution in [0.5, 0.6) is 0 Å². The van der Waals surface area contributed by atoms with E-state index in [0.717, 1.165) is 6.54 Å². The third kappa shape index (κ3) is 1.67. The molecule has 1 aliphatic rings. The Morgan fingerprint density at radius 2 is 2.33 bits per heavy atom. The van der Waals surface area contributed by atoms with Crippen molar-refractivity contribution in [1.82, 2.24) is 0 Å². The summed E-state index contributed by atoms with van der Waals surface area (Å²) >= 11 is 0. The average Bonchev–Trinajstić information content (AvgIpc) is 1.76. The van der Waals surface area contributed by atoms with Crippen LogP contribution in [0.1, 0.15) is 6.42 Å². The van der Waals surface area contributed by atoms with Crippen LogP contribution < -0.4 is 0 Å². The molecule has 1 nitrogen and oxygen atoms in total. The molecule has 1 aliphatic heterocycles. The maximum atomic E-state index is 4.17. The van der Waals surface area contributed by atoms with Crippen LogP contribution in [0.4, 0.5) is 0 Å². The summed E-state index contributed by atoms with van der Waals surface area (Å²) < 4.78 is 4.17. The summed E-state index contributed by atoms with van der Waals surface area (Å²) in [5.41, 5.74) is 0. The first kappa shape index (κ1) is 6.31. The number of rotatable bonds is 0. The van der Waals surface area contributed by atoms with Gasteiger partial charge >= 0.3 is 0 Å². The SMILES string of the molecule is C1CN=[SiH]C1.Cl. The highest BCUT2D eigenvalue weighted by atomic mass is 35.5. The summed E-state index contributed by atoms with van der Waals surface area (Å²) in [7, 11) is 0.551. The monoisotopic (exact) mass is 121 g/mol. The van der Waals surface area contributed by atoms with Crippen LogP contribution in [-0.2, 0) is 0 Å². The van der Waals surface area contributed by atoms with Crippen LogP contribution in [0.2, 0.25) is 6.04 Å². The lowest BCUT2D eigenvalue weighted by Crippen LogP contribution is -1.61. The molecule has 36 valence electrons. The van der Waals surface area contributed by atoms with Crippen LogP contribution in [0.15, 0.2) is 4.63 Å². The Labute approximate surface area is 46.1 Å². The van der Waals surface area contributed by atoms with Gasteiger partial charge in [0.15, 0.2) is 0 Å². The molecular weight excluding hydrogens is 114 g/mol. The predicted octanol–water partition coefficient (Wildman–Crippen LogP) is 0.850. The average molecular weight is 122 g/mol. The molecule has 0 saturated heterocycles. The molecule has 0 aromatic heterocycles. The van der Waals surface area contributed by atoms with Crippen molar-refractivity contribution in [2.24, 2.45) is 4.63 Å². The Morgan fingerprint density at radius 3 is 2.50 bits per heavy atom. The third-order valence-electron chi connectivity index (χ3n) is 0.750. The maximum Gasteiger partial charge on any atom is 0.105 e. The number of halogens is 1. The van der Waals surface area contributed by atoms with Gasteiger partial charge in [-0.05, 0) is 12.5 Å². The number of hydrogen-bond donors (Lipinski definition) is 0. The summed E-state index contributed by atoms with van der Waals surface area (Å²) in [6.07, 6.45) is 1.37. The Kier molecular flexibility index (Phi) is 3.67. The number of nitrogens with zero attached hydrogens (tertiary/aromatic N) is 1. The first-order valence-electron chi connectivity index (χ1n) is 1.98. The molecule has 0 bridgehead atoms. The smallest absolute Gasteiger partial charge is 0.105 e. The highest BCUT2D eigenvalue weighted by molar-refractivity contribution is 6.22. The lowest BCUT2D eigenvalue weighted by molar-refractivity contribution is 0.985. The third-order valence-corrected chi connectivity index (χ3v) is 1.93. The van der Waals surface area contributed by atoms with Crippen molar-refractivity contribution in [2.75, 3.05) is 6.54 Å². The van der Waals surface area contributed by atoms with Crippen molar-refractivity contribution in [3.63, 3.8) is 0 Å². The molecule has 0 aromatic carbocycles. The fourth-order valence-electron chi connectivity index (χ4n) is 0.456. The zero-order chi connectivity index (χ0) is 3.54. The van der Waals surface area contributed by atoms with Crippen LogP contribution in [0.3, 0.4) is 0 Å². The van der Waals surface area contributed by atoms with E-state index in [4.69, 9.17) is 0 Å². The van der Waals surface area contributed by atoms with Crippen molar-refractivity contribution in [3.8, 4) is 0 Å². The van der Waals surface area contributed by atoms with Crippen LogP contribution in [-0.4, -0.2) is 15.9 Å². The van der Waals surface area contributed by atoms with Crippen molar-refractivity contribution >= 4 is 21.7 Å². The summed E-state index contributed by atoms with van der Waals surface area (Å²) in [5, 5.41) is 0. The molecule has 0 aromatic rings. The van der Waals surface area contributed by atoms with E-state index in [2.05, 4.69) is 4.63 Å². The van der Waals surface area contributed by atoms with Gasteiger partial charge in [0.25, 0.3) is 0 Å². The van der Waals surface area contributed by atoms with Crippen LogP contribution >= 0.6 is 12.4 Å². The van der Waals surface area contributed by atoms with Crippen molar-refractivity contribution in [3.05, 3.63) is 0 Å². The molecule has 0 spiro atoms. The molecule has 0 amide bonds. The molecule has 1 heterocycles. The molecule has 0 aliphatic carbocycles. The van der Waals surface area contributed by atoms with E-state index in [1.54, 1.807) is 0 Å². The quantitative estimate of drug-likeness (QED) is 0.422. The van der Waals surface area contributed by atoms with Gasteiger partial charge in [-0.25, -0.2) is 0 Å². The molecule has 6 heavy (non-hydrogen) atoms.